The zero-order valence-corrected chi connectivity index (χ0v) is 7.52. The second kappa shape index (κ2) is 4.42. The van der Waals surface area contributed by atoms with Crippen LogP contribution in [0.15, 0.2) is 0 Å². The summed E-state index contributed by atoms with van der Waals surface area (Å²) in [4.78, 5) is 0. The van der Waals surface area contributed by atoms with Gasteiger partial charge in [0, 0.05) is 0 Å². The Hall–Kier alpha value is 0.419. The fourth-order valence-corrected chi connectivity index (χ4v) is 1.06. The van der Waals surface area contributed by atoms with Crippen LogP contribution in [0, 0.1) is 0 Å². The van der Waals surface area contributed by atoms with Crippen LogP contribution in [0.5, 0.6) is 0 Å². The molecule has 0 bridgehead atoms. The van der Waals surface area contributed by atoms with Crippen LogP contribution in [0.4, 0.5) is 0 Å². The maximum atomic E-state index is 4.64. The molecule has 0 spiro atoms. The van der Waals surface area contributed by atoms with E-state index in [1.54, 1.807) is 0 Å². The van der Waals surface area contributed by atoms with Crippen molar-refractivity contribution in [2.45, 2.75) is 0 Å². The molecule has 5 heavy (non-hydrogen) atoms. The lowest BCUT2D eigenvalue weighted by Gasteiger charge is -1.85. The fourth-order valence-electron chi connectivity index (χ4n) is 0.118. The van der Waals surface area contributed by atoms with Gasteiger partial charge < -0.3 is 8.69 Å². The average molecular weight is 106 g/mol. The molecule has 0 N–H and O–H groups in total. The maximum absolute atomic E-state index is 4.64. The third-order valence-corrected chi connectivity index (χ3v) is 0.707. The zero-order chi connectivity index (χ0) is 4.12. The van der Waals surface area contributed by atoms with E-state index in [2.05, 4.69) is 8.69 Å². The van der Waals surface area contributed by atoms with E-state index >= 15 is 0 Å². The SMILES string of the molecule is [SiH3]OBO[SiH3]. The molecule has 0 aromatic carbocycles. The van der Waals surface area contributed by atoms with Crippen molar-refractivity contribution in [3.05, 3.63) is 0 Å². The van der Waals surface area contributed by atoms with Crippen molar-refractivity contribution in [2.24, 2.45) is 0 Å². The standard InChI is InChI=1S/BH7O2Si2/c4-2-1-3-5/h1H,4-5H3. The molecule has 0 fully saturated rings. The van der Waals surface area contributed by atoms with Crippen LogP contribution in [0.2, 0.25) is 0 Å². The van der Waals surface area contributed by atoms with Crippen LogP contribution in [0.1, 0.15) is 0 Å². The van der Waals surface area contributed by atoms with Gasteiger partial charge in [0.15, 0.2) is 0 Å². The molecule has 0 heterocycles. The molecule has 0 aromatic rings. The van der Waals surface area contributed by atoms with Gasteiger partial charge in [-0.15, -0.1) is 0 Å². The van der Waals surface area contributed by atoms with E-state index in [1.165, 1.54) is 0 Å². The minimum absolute atomic E-state index is 0.512. The molecule has 0 saturated heterocycles. The number of rotatable bonds is 2. The summed E-state index contributed by atoms with van der Waals surface area (Å²) in [5, 5.41) is 0. The Labute approximate surface area is 38.2 Å². The van der Waals surface area contributed by atoms with Crippen molar-refractivity contribution in [3.63, 3.8) is 0 Å². The molecule has 5 heteroatoms. The summed E-state index contributed by atoms with van der Waals surface area (Å²) >= 11 is 0. The molecule has 30 valence electrons. The molecular formula is H7BO2Si2. The first-order chi connectivity index (χ1) is 2.41. The smallest absolute Gasteiger partial charge is 0.415 e. The molecule has 0 atom stereocenters. The lowest BCUT2D eigenvalue weighted by molar-refractivity contribution is 0.513. The summed E-state index contributed by atoms with van der Waals surface area (Å²) in [6.07, 6.45) is 0. The van der Waals surface area contributed by atoms with Gasteiger partial charge in [0.25, 0.3) is 0 Å². The first-order valence-electron chi connectivity index (χ1n) is 1.39. The molecule has 2 nitrogen and oxygen atoms in total. The van der Waals surface area contributed by atoms with E-state index in [4.69, 9.17) is 0 Å². The number of hydrogen-bond donors (Lipinski definition) is 0. The molecule has 0 rings (SSSR count). The molecule has 0 saturated carbocycles. The van der Waals surface area contributed by atoms with Gasteiger partial charge in [-0.2, -0.15) is 0 Å². The molecule has 0 aliphatic rings. The topological polar surface area (TPSA) is 18.5 Å². The highest BCUT2D eigenvalue weighted by Crippen LogP contribution is 1.52. The predicted molar refractivity (Wildman–Crippen MR) is 29.2 cm³/mol. The third-order valence-electron chi connectivity index (χ3n) is 0.236. The second-order valence-electron chi connectivity index (χ2n) is 0.695. The Morgan fingerprint density at radius 1 is 1.20 bits per heavy atom. The summed E-state index contributed by atoms with van der Waals surface area (Å²) in [5.41, 5.74) is 0. The summed E-state index contributed by atoms with van der Waals surface area (Å²) in [6.45, 7) is 0. The Balaban J connectivity index is 2.19. The highest BCUT2D eigenvalue weighted by atomic mass is 28.2. The number of hydrogen-bond acceptors (Lipinski definition) is 2. The Bertz CT molecular complexity index is 15.1. The van der Waals surface area contributed by atoms with E-state index in [9.17, 15) is 0 Å². The summed E-state index contributed by atoms with van der Waals surface area (Å²) in [5.74, 6) is 0. The predicted octanol–water partition coefficient (Wildman–Crippen LogP) is -3.15. The second-order valence-corrected chi connectivity index (χ2v) is 1.85. The molecule has 0 aromatic heterocycles. The molecule has 0 aliphatic carbocycles. The molecule has 0 aliphatic heterocycles. The first kappa shape index (κ1) is 5.42. The van der Waals surface area contributed by atoms with Crippen molar-refractivity contribution >= 4 is 28.7 Å². The van der Waals surface area contributed by atoms with Crippen LogP contribution in [-0.2, 0) is 8.69 Å². The van der Waals surface area contributed by atoms with Crippen molar-refractivity contribution in [2.75, 3.05) is 0 Å². The average Bonchev–Trinajstić information content (AvgIpc) is 1.41. The quantitative estimate of drug-likeness (QED) is 0.346. The van der Waals surface area contributed by atoms with Gasteiger partial charge in [0.2, 0.25) is 0 Å². The normalized spacial score (nSPS) is 8.80. The minimum atomic E-state index is 0.512. The molecule has 0 unspecified atom stereocenters. The Morgan fingerprint density at radius 2 is 1.60 bits per heavy atom. The Morgan fingerprint density at radius 3 is 1.60 bits per heavy atom. The summed E-state index contributed by atoms with van der Waals surface area (Å²) in [7, 11) is 2.10. The van der Waals surface area contributed by atoms with Gasteiger partial charge in [-0.1, -0.05) is 0 Å². The van der Waals surface area contributed by atoms with Gasteiger partial charge in [-0.25, -0.2) is 0 Å². The van der Waals surface area contributed by atoms with E-state index in [1.807, 2.05) is 0 Å². The summed E-state index contributed by atoms with van der Waals surface area (Å²) < 4.78 is 9.28. The molecular weight excluding hydrogens is 99.0 g/mol. The highest BCUT2D eigenvalue weighted by molar-refractivity contribution is 6.33. The van der Waals surface area contributed by atoms with Gasteiger partial charge in [0.1, 0.15) is 21.0 Å². The highest BCUT2D eigenvalue weighted by Gasteiger charge is 1.71. The van der Waals surface area contributed by atoms with Crippen molar-refractivity contribution < 1.29 is 8.69 Å². The van der Waals surface area contributed by atoms with Crippen LogP contribution in [-0.4, -0.2) is 28.7 Å². The van der Waals surface area contributed by atoms with E-state index in [0.717, 1.165) is 21.0 Å². The van der Waals surface area contributed by atoms with Crippen LogP contribution < -0.4 is 0 Å². The van der Waals surface area contributed by atoms with Crippen molar-refractivity contribution in [3.8, 4) is 0 Å². The fraction of sp³-hybridized carbons (Fsp3) is 0. The first-order valence-corrected chi connectivity index (χ1v) is 3.03. The zero-order valence-electron chi connectivity index (χ0n) is 3.52. The van der Waals surface area contributed by atoms with Crippen molar-refractivity contribution in [1.82, 2.24) is 0 Å². The lowest BCUT2D eigenvalue weighted by Crippen LogP contribution is -1.96. The van der Waals surface area contributed by atoms with Gasteiger partial charge in [-0.05, 0) is 0 Å². The van der Waals surface area contributed by atoms with Gasteiger partial charge >= 0.3 is 7.69 Å². The van der Waals surface area contributed by atoms with Crippen LogP contribution >= 0.6 is 0 Å². The van der Waals surface area contributed by atoms with Crippen LogP contribution in [0.3, 0.4) is 0 Å². The molecule has 0 amide bonds. The van der Waals surface area contributed by atoms with Crippen molar-refractivity contribution in [1.29, 1.82) is 0 Å². The minimum Gasteiger partial charge on any atom is -0.464 e. The van der Waals surface area contributed by atoms with Gasteiger partial charge in [-0.3, -0.25) is 0 Å². The Kier molecular flexibility index (Phi) is 4.79. The largest absolute Gasteiger partial charge is 0.464 e. The third kappa shape index (κ3) is 4.42. The lowest BCUT2D eigenvalue weighted by atomic mass is 10.4. The summed E-state index contributed by atoms with van der Waals surface area (Å²) in [6, 6.07) is 0. The maximum Gasteiger partial charge on any atom is 0.415 e. The molecule has 0 radical (unpaired) electrons. The van der Waals surface area contributed by atoms with Gasteiger partial charge in [0.05, 0.1) is 0 Å². The van der Waals surface area contributed by atoms with E-state index in [0.29, 0.717) is 7.69 Å². The van der Waals surface area contributed by atoms with E-state index in [-0.39, 0.29) is 0 Å². The van der Waals surface area contributed by atoms with Crippen LogP contribution in [0.25, 0.3) is 0 Å². The van der Waals surface area contributed by atoms with E-state index < -0.39 is 0 Å². The monoisotopic (exact) mass is 106 g/mol.